The smallest absolute Gasteiger partial charge is 0.341 e. The van der Waals surface area contributed by atoms with E-state index in [0.717, 1.165) is 25.7 Å². The number of methoxy groups -OCH3 is 1. The fraction of sp³-hybridized carbons (Fsp3) is 0.636. The second kappa shape index (κ2) is 10.5. The number of unbranched alkanes of at least 4 members (excludes halogenated alkanes) is 1. The highest BCUT2D eigenvalue weighted by atomic mass is 16.5. The first-order valence-corrected chi connectivity index (χ1v) is 10.3. The van der Waals surface area contributed by atoms with Crippen molar-refractivity contribution in [3.63, 3.8) is 0 Å². The molecule has 0 bridgehead atoms. The van der Waals surface area contributed by atoms with Crippen molar-refractivity contribution >= 4 is 17.6 Å². The predicted molar refractivity (Wildman–Crippen MR) is 109 cm³/mol. The SMILES string of the molecule is CCCCOc1ccc(NC(=O)[C@]2(OCC)CCC[C@H](C)C2)cc1C(=O)OC. The topological polar surface area (TPSA) is 73.9 Å². The summed E-state index contributed by atoms with van der Waals surface area (Å²) in [6.45, 7) is 7.14. The summed E-state index contributed by atoms with van der Waals surface area (Å²) in [5.41, 5.74) is 0.0261. The van der Waals surface area contributed by atoms with Crippen LogP contribution in [0.15, 0.2) is 18.2 Å². The van der Waals surface area contributed by atoms with Crippen molar-refractivity contribution in [3.05, 3.63) is 23.8 Å². The zero-order valence-corrected chi connectivity index (χ0v) is 17.5. The number of benzene rings is 1. The lowest BCUT2D eigenvalue weighted by atomic mass is 9.78. The van der Waals surface area contributed by atoms with Gasteiger partial charge in [-0.1, -0.05) is 26.7 Å². The lowest BCUT2D eigenvalue weighted by Gasteiger charge is -2.38. The van der Waals surface area contributed by atoms with Gasteiger partial charge in [-0.3, -0.25) is 4.79 Å². The molecule has 2 rings (SSSR count). The van der Waals surface area contributed by atoms with Crippen LogP contribution in [0.2, 0.25) is 0 Å². The number of rotatable bonds is 9. The number of carbonyl (C=O) groups excluding carboxylic acids is 2. The number of esters is 1. The summed E-state index contributed by atoms with van der Waals surface area (Å²) in [5, 5.41) is 2.94. The molecule has 1 fully saturated rings. The van der Waals surface area contributed by atoms with Gasteiger partial charge in [0.05, 0.1) is 13.7 Å². The van der Waals surface area contributed by atoms with E-state index in [4.69, 9.17) is 14.2 Å². The van der Waals surface area contributed by atoms with Crippen LogP contribution in [0.3, 0.4) is 0 Å². The van der Waals surface area contributed by atoms with E-state index in [1.54, 1.807) is 18.2 Å². The zero-order valence-electron chi connectivity index (χ0n) is 17.5. The highest BCUT2D eigenvalue weighted by Gasteiger charge is 2.42. The van der Waals surface area contributed by atoms with E-state index in [-0.39, 0.29) is 5.91 Å². The number of ether oxygens (including phenoxy) is 3. The van der Waals surface area contributed by atoms with E-state index in [2.05, 4.69) is 19.2 Å². The number of carbonyl (C=O) groups is 2. The second-order valence-electron chi connectivity index (χ2n) is 7.49. The lowest BCUT2D eigenvalue weighted by Crippen LogP contribution is -2.48. The summed E-state index contributed by atoms with van der Waals surface area (Å²) in [6.07, 6.45) is 5.38. The van der Waals surface area contributed by atoms with Crippen molar-refractivity contribution in [2.45, 2.75) is 64.9 Å². The molecule has 0 aliphatic heterocycles. The third-order valence-electron chi connectivity index (χ3n) is 5.19. The first-order chi connectivity index (χ1) is 13.5. The van der Waals surface area contributed by atoms with Crippen LogP contribution in [0.1, 0.15) is 69.7 Å². The van der Waals surface area contributed by atoms with Crippen molar-refractivity contribution in [2.24, 2.45) is 5.92 Å². The van der Waals surface area contributed by atoms with Gasteiger partial charge < -0.3 is 19.5 Å². The largest absolute Gasteiger partial charge is 0.493 e. The monoisotopic (exact) mass is 391 g/mol. The van der Waals surface area contributed by atoms with Gasteiger partial charge in [0.25, 0.3) is 5.91 Å². The van der Waals surface area contributed by atoms with Crippen LogP contribution in [0.4, 0.5) is 5.69 Å². The standard InChI is InChI=1S/C22H33NO5/c1-5-7-13-27-19-11-10-17(14-18(19)20(24)26-4)23-21(25)22(28-6-2)12-8-9-16(3)15-22/h10-11,14,16H,5-9,12-13,15H2,1-4H3,(H,23,25)/t16-,22-/m0/s1. The Morgan fingerprint density at radius 3 is 2.71 bits per heavy atom. The Labute approximate surface area is 167 Å². The van der Waals surface area contributed by atoms with Gasteiger partial charge in [-0.15, -0.1) is 0 Å². The number of hydrogen-bond acceptors (Lipinski definition) is 5. The first kappa shape index (κ1) is 22.2. The molecule has 1 amide bonds. The molecule has 0 spiro atoms. The van der Waals surface area contributed by atoms with Gasteiger partial charge in [-0.25, -0.2) is 4.79 Å². The fourth-order valence-corrected chi connectivity index (χ4v) is 3.76. The Balaban J connectivity index is 2.21. The summed E-state index contributed by atoms with van der Waals surface area (Å²) in [6, 6.07) is 5.06. The van der Waals surface area contributed by atoms with Gasteiger partial charge in [0, 0.05) is 12.3 Å². The Morgan fingerprint density at radius 2 is 2.07 bits per heavy atom. The van der Waals surface area contributed by atoms with Crippen LogP contribution in [-0.4, -0.2) is 37.8 Å². The molecule has 0 radical (unpaired) electrons. The molecule has 28 heavy (non-hydrogen) atoms. The van der Waals surface area contributed by atoms with E-state index in [0.29, 0.717) is 49.0 Å². The van der Waals surface area contributed by atoms with Gasteiger partial charge in [-0.05, 0) is 56.7 Å². The second-order valence-corrected chi connectivity index (χ2v) is 7.49. The summed E-state index contributed by atoms with van der Waals surface area (Å²) in [4.78, 5) is 25.3. The summed E-state index contributed by atoms with van der Waals surface area (Å²) >= 11 is 0. The minimum Gasteiger partial charge on any atom is -0.493 e. The van der Waals surface area contributed by atoms with E-state index in [9.17, 15) is 9.59 Å². The Kier molecular flexibility index (Phi) is 8.30. The van der Waals surface area contributed by atoms with Crippen molar-refractivity contribution in [1.29, 1.82) is 0 Å². The minimum absolute atomic E-state index is 0.156. The predicted octanol–water partition coefficient (Wildman–Crippen LogP) is 4.58. The summed E-state index contributed by atoms with van der Waals surface area (Å²) < 4.78 is 16.5. The van der Waals surface area contributed by atoms with E-state index < -0.39 is 11.6 Å². The molecule has 1 aliphatic carbocycles. The highest BCUT2D eigenvalue weighted by Crippen LogP contribution is 2.36. The summed E-state index contributed by atoms with van der Waals surface area (Å²) in [7, 11) is 1.33. The Hall–Kier alpha value is -2.08. The highest BCUT2D eigenvalue weighted by molar-refractivity contribution is 5.99. The Morgan fingerprint density at radius 1 is 1.29 bits per heavy atom. The van der Waals surface area contributed by atoms with Gasteiger partial charge in [0.15, 0.2) is 0 Å². The maximum absolute atomic E-state index is 13.1. The molecular weight excluding hydrogens is 358 g/mol. The molecule has 1 saturated carbocycles. The van der Waals surface area contributed by atoms with Crippen LogP contribution in [0.5, 0.6) is 5.75 Å². The van der Waals surface area contributed by atoms with Crippen molar-refractivity contribution in [1.82, 2.24) is 0 Å². The van der Waals surface area contributed by atoms with E-state index >= 15 is 0 Å². The van der Waals surface area contributed by atoms with E-state index in [1.165, 1.54) is 7.11 Å². The van der Waals surface area contributed by atoms with Gasteiger partial charge >= 0.3 is 5.97 Å². The number of amides is 1. The molecule has 6 heteroatoms. The molecule has 0 saturated heterocycles. The number of hydrogen-bond donors (Lipinski definition) is 1. The molecule has 0 heterocycles. The van der Waals surface area contributed by atoms with Crippen molar-refractivity contribution in [3.8, 4) is 5.75 Å². The Bertz CT molecular complexity index is 671. The van der Waals surface area contributed by atoms with Crippen LogP contribution in [0.25, 0.3) is 0 Å². The number of anilines is 1. The van der Waals surface area contributed by atoms with Gasteiger partial charge in [-0.2, -0.15) is 0 Å². The normalized spacial score (nSPS) is 21.8. The first-order valence-electron chi connectivity index (χ1n) is 10.3. The summed E-state index contributed by atoms with van der Waals surface area (Å²) in [5.74, 6) is 0.250. The molecule has 6 nitrogen and oxygen atoms in total. The minimum atomic E-state index is -0.811. The maximum Gasteiger partial charge on any atom is 0.341 e. The quantitative estimate of drug-likeness (QED) is 0.493. The van der Waals surface area contributed by atoms with Gasteiger partial charge in [0.1, 0.15) is 16.9 Å². The third-order valence-corrected chi connectivity index (χ3v) is 5.19. The molecular formula is C22H33NO5. The van der Waals surface area contributed by atoms with Crippen LogP contribution >= 0.6 is 0 Å². The lowest BCUT2D eigenvalue weighted by molar-refractivity contribution is -0.147. The van der Waals surface area contributed by atoms with E-state index in [1.807, 2.05) is 6.92 Å². The van der Waals surface area contributed by atoms with Crippen LogP contribution in [-0.2, 0) is 14.3 Å². The molecule has 1 aromatic carbocycles. The number of nitrogens with one attached hydrogen (secondary N) is 1. The molecule has 0 unspecified atom stereocenters. The van der Waals surface area contributed by atoms with Crippen LogP contribution in [0, 0.1) is 5.92 Å². The maximum atomic E-state index is 13.1. The van der Waals surface area contributed by atoms with Crippen LogP contribution < -0.4 is 10.1 Å². The van der Waals surface area contributed by atoms with Crippen molar-refractivity contribution in [2.75, 3.05) is 25.6 Å². The average Bonchev–Trinajstić information content (AvgIpc) is 2.68. The molecule has 156 valence electrons. The molecule has 1 N–H and O–H groups in total. The van der Waals surface area contributed by atoms with Crippen molar-refractivity contribution < 1.29 is 23.8 Å². The molecule has 1 aliphatic rings. The zero-order chi connectivity index (χ0) is 20.6. The van der Waals surface area contributed by atoms with Gasteiger partial charge in [0.2, 0.25) is 0 Å². The third kappa shape index (κ3) is 5.47. The molecule has 0 aromatic heterocycles. The fourth-order valence-electron chi connectivity index (χ4n) is 3.76. The average molecular weight is 392 g/mol. The molecule has 2 atom stereocenters. The molecule has 1 aromatic rings.